The fraction of sp³-hybridized carbons (Fsp3) is 0.548. The highest BCUT2D eigenvalue weighted by Crippen LogP contribution is 2.55. The van der Waals surface area contributed by atoms with Crippen LogP contribution in [-0.2, 0) is 11.0 Å². The SMILES string of the molecule is C/C=C\c1cc(OC)c(OC)c(OC)c1-c1c(CO[Si](C(C)C)(C(C)C)C(C)C)cc(OC)c(OC)c1OC. The Kier molecular flexibility index (Phi) is 11.6. The van der Waals surface area contributed by atoms with E-state index in [1.165, 1.54) is 0 Å². The molecule has 39 heavy (non-hydrogen) atoms. The van der Waals surface area contributed by atoms with Gasteiger partial charge in [-0.15, -0.1) is 0 Å². The van der Waals surface area contributed by atoms with Crippen molar-refractivity contribution in [2.24, 2.45) is 0 Å². The molecule has 0 aliphatic carbocycles. The van der Waals surface area contributed by atoms with Gasteiger partial charge in [0.15, 0.2) is 23.0 Å². The van der Waals surface area contributed by atoms with Gasteiger partial charge in [-0.2, -0.15) is 0 Å². The zero-order chi connectivity index (χ0) is 29.5. The molecule has 0 saturated carbocycles. The topological polar surface area (TPSA) is 64.6 Å². The van der Waals surface area contributed by atoms with Crippen molar-refractivity contribution in [1.82, 2.24) is 0 Å². The number of hydrogen-bond acceptors (Lipinski definition) is 7. The number of benzene rings is 2. The van der Waals surface area contributed by atoms with E-state index >= 15 is 0 Å². The summed E-state index contributed by atoms with van der Waals surface area (Å²) in [5.74, 6) is 3.16. The van der Waals surface area contributed by atoms with Gasteiger partial charge in [0.25, 0.3) is 0 Å². The summed E-state index contributed by atoms with van der Waals surface area (Å²) in [6.07, 6.45) is 3.98. The van der Waals surface area contributed by atoms with Crippen LogP contribution < -0.4 is 28.4 Å². The zero-order valence-electron chi connectivity index (χ0n) is 26.1. The summed E-state index contributed by atoms with van der Waals surface area (Å²) >= 11 is 0. The van der Waals surface area contributed by atoms with Crippen molar-refractivity contribution in [3.8, 4) is 45.6 Å². The summed E-state index contributed by atoms with van der Waals surface area (Å²) in [5, 5.41) is 0. The lowest BCUT2D eigenvalue weighted by molar-refractivity contribution is 0.264. The van der Waals surface area contributed by atoms with Crippen molar-refractivity contribution in [1.29, 1.82) is 0 Å². The summed E-state index contributed by atoms with van der Waals surface area (Å²) in [5.41, 5.74) is 4.64. The Morgan fingerprint density at radius 3 is 1.44 bits per heavy atom. The Morgan fingerprint density at radius 1 is 0.615 bits per heavy atom. The van der Waals surface area contributed by atoms with E-state index in [9.17, 15) is 0 Å². The second-order valence-corrected chi connectivity index (χ2v) is 15.9. The van der Waals surface area contributed by atoms with Crippen LogP contribution in [0.25, 0.3) is 17.2 Å². The summed E-state index contributed by atoms with van der Waals surface area (Å²) in [7, 11) is 7.49. The maximum atomic E-state index is 7.08. The van der Waals surface area contributed by atoms with Crippen LogP contribution in [0.4, 0.5) is 0 Å². The van der Waals surface area contributed by atoms with Crippen molar-refractivity contribution in [2.45, 2.75) is 71.7 Å². The fourth-order valence-corrected chi connectivity index (χ4v) is 11.4. The molecule has 0 aromatic heterocycles. The van der Waals surface area contributed by atoms with Gasteiger partial charge in [-0.3, -0.25) is 0 Å². The molecule has 0 amide bonds. The quantitative estimate of drug-likeness (QED) is 0.216. The number of rotatable bonds is 14. The molecule has 8 heteroatoms. The Hall–Kier alpha value is -2.84. The lowest BCUT2D eigenvalue weighted by Gasteiger charge is -2.42. The van der Waals surface area contributed by atoms with E-state index < -0.39 is 8.32 Å². The predicted molar refractivity (Wildman–Crippen MR) is 162 cm³/mol. The summed E-state index contributed by atoms with van der Waals surface area (Å²) in [4.78, 5) is 0. The van der Waals surface area contributed by atoms with E-state index in [2.05, 4.69) is 41.5 Å². The highest BCUT2D eigenvalue weighted by Gasteiger charge is 2.45. The first kappa shape index (κ1) is 32.4. The van der Waals surface area contributed by atoms with Gasteiger partial charge in [0.05, 0.1) is 49.3 Å². The molecule has 0 radical (unpaired) electrons. The average molecular weight is 561 g/mol. The third kappa shape index (κ3) is 6.02. The van der Waals surface area contributed by atoms with Crippen LogP contribution in [0, 0.1) is 0 Å². The summed E-state index contributed by atoms with van der Waals surface area (Å²) in [6.45, 7) is 16.0. The number of hydrogen-bond donors (Lipinski definition) is 0. The first-order valence-corrected chi connectivity index (χ1v) is 15.6. The average Bonchev–Trinajstić information content (AvgIpc) is 2.91. The third-order valence-corrected chi connectivity index (χ3v) is 13.6. The number of ether oxygens (including phenoxy) is 6. The Bertz CT molecular complexity index is 1120. The van der Waals surface area contributed by atoms with E-state index in [1.54, 1.807) is 42.7 Å². The highest BCUT2D eigenvalue weighted by atomic mass is 28.4. The van der Waals surface area contributed by atoms with Crippen LogP contribution in [0.1, 0.15) is 59.6 Å². The van der Waals surface area contributed by atoms with Crippen molar-refractivity contribution < 1.29 is 32.8 Å². The van der Waals surface area contributed by atoms with Crippen molar-refractivity contribution in [2.75, 3.05) is 42.7 Å². The molecular formula is C31H48O7Si. The van der Waals surface area contributed by atoms with E-state index in [4.69, 9.17) is 32.8 Å². The molecule has 0 saturated heterocycles. The Labute approximate surface area is 236 Å². The molecule has 0 aliphatic heterocycles. The normalized spacial score (nSPS) is 12.0. The van der Waals surface area contributed by atoms with E-state index in [-0.39, 0.29) is 0 Å². The summed E-state index contributed by atoms with van der Waals surface area (Å²) < 4.78 is 42.1. The minimum atomic E-state index is -2.20. The molecule has 0 unspecified atom stereocenters. The highest BCUT2D eigenvalue weighted by molar-refractivity contribution is 6.77. The molecule has 0 atom stereocenters. The first-order chi connectivity index (χ1) is 18.5. The van der Waals surface area contributed by atoms with Gasteiger partial charge in [0.2, 0.25) is 19.8 Å². The monoisotopic (exact) mass is 560 g/mol. The zero-order valence-corrected chi connectivity index (χ0v) is 27.1. The van der Waals surface area contributed by atoms with Gasteiger partial charge in [-0.1, -0.05) is 53.7 Å². The minimum Gasteiger partial charge on any atom is -0.493 e. The lowest BCUT2D eigenvalue weighted by atomic mass is 9.91. The predicted octanol–water partition coefficient (Wildman–Crippen LogP) is 8.13. The van der Waals surface area contributed by atoms with Gasteiger partial charge in [0, 0.05) is 11.1 Å². The smallest absolute Gasteiger partial charge is 0.203 e. The number of allylic oxidation sites excluding steroid dienone is 1. The molecule has 0 spiro atoms. The second kappa shape index (κ2) is 14.0. The minimum absolute atomic E-state index is 0.375. The molecule has 0 N–H and O–H groups in total. The van der Waals surface area contributed by atoms with Crippen LogP contribution >= 0.6 is 0 Å². The second-order valence-electron chi connectivity index (χ2n) is 10.4. The maximum Gasteiger partial charge on any atom is 0.203 e. The molecule has 7 nitrogen and oxygen atoms in total. The molecule has 2 aromatic rings. The van der Waals surface area contributed by atoms with Gasteiger partial charge in [-0.25, -0.2) is 0 Å². The standard InChI is InChI=1S/C31H48O7Si/c1-14-15-22-16-24(32-8)28(34-10)30(36-12)26(22)27-23(17-25(33-9)29(35-11)31(27)37-13)18-38-39(19(2)3,20(4)5)21(6)7/h14-17,19-21H,18H2,1-13H3/b15-14-. The number of methoxy groups -OCH3 is 6. The van der Waals surface area contributed by atoms with Gasteiger partial charge < -0.3 is 32.8 Å². The van der Waals surface area contributed by atoms with E-state index in [1.807, 2.05) is 31.2 Å². The Balaban J connectivity index is 3.07. The van der Waals surface area contributed by atoms with E-state index in [0.717, 1.165) is 22.3 Å². The largest absolute Gasteiger partial charge is 0.493 e. The van der Waals surface area contributed by atoms with Gasteiger partial charge in [-0.05, 0) is 46.8 Å². The lowest BCUT2D eigenvalue weighted by Crippen LogP contribution is -2.47. The van der Waals surface area contributed by atoms with Crippen molar-refractivity contribution in [3.63, 3.8) is 0 Å². The van der Waals surface area contributed by atoms with Gasteiger partial charge in [0.1, 0.15) is 0 Å². The van der Waals surface area contributed by atoms with Crippen LogP contribution in [-0.4, -0.2) is 51.0 Å². The molecule has 0 aliphatic rings. The Morgan fingerprint density at radius 2 is 1.05 bits per heavy atom. The molecule has 0 fully saturated rings. The molecular weight excluding hydrogens is 512 g/mol. The van der Waals surface area contributed by atoms with Crippen molar-refractivity contribution in [3.05, 3.63) is 29.3 Å². The van der Waals surface area contributed by atoms with Crippen LogP contribution in [0.2, 0.25) is 16.6 Å². The van der Waals surface area contributed by atoms with Crippen LogP contribution in [0.5, 0.6) is 34.5 Å². The molecule has 0 bridgehead atoms. The summed E-state index contributed by atoms with van der Waals surface area (Å²) in [6, 6.07) is 3.92. The molecule has 218 valence electrons. The van der Waals surface area contributed by atoms with Crippen molar-refractivity contribution >= 4 is 14.4 Å². The fourth-order valence-electron chi connectivity index (χ4n) is 6.04. The maximum absolute atomic E-state index is 7.08. The van der Waals surface area contributed by atoms with Crippen LogP contribution in [0.15, 0.2) is 18.2 Å². The van der Waals surface area contributed by atoms with E-state index in [0.29, 0.717) is 57.7 Å². The molecule has 2 aromatic carbocycles. The first-order valence-electron chi connectivity index (χ1n) is 13.5. The third-order valence-electron chi connectivity index (χ3n) is 7.55. The molecule has 2 rings (SSSR count). The van der Waals surface area contributed by atoms with Crippen LogP contribution in [0.3, 0.4) is 0 Å². The van der Waals surface area contributed by atoms with Gasteiger partial charge >= 0.3 is 0 Å². The molecule has 0 heterocycles.